The van der Waals surface area contributed by atoms with Crippen LogP contribution in [0.4, 0.5) is 18.9 Å². The van der Waals surface area contributed by atoms with Crippen LogP contribution in [-0.2, 0) is 6.18 Å². The summed E-state index contributed by atoms with van der Waals surface area (Å²) in [5.74, 6) is -0.591. The van der Waals surface area contributed by atoms with E-state index in [4.69, 9.17) is 0 Å². The molecule has 0 aliphatic rings. The number of carbonyl (C=O) groups is 1. The molecule has 0 fully saturated rings. The fourth-order valence-corrected chi connectivity index (χ4v) is 3.80. The van der Waals surface area contributed by atoms with Crippen molar-refractivity contribution < 1.29 is 18.0 Å². The maximum Gasteiger partial charge on any atom is 0.416 e. The molecule has 0 aliphatic carbocycles. The van der Waals surface area contributed by atoms with Gasteiger partial charge in [-0.25, -0.2) is 9.97 Å². The van der Waals surface area contributed by atoms with Gasteiger partial charge in [0.05, 0.1) is 17.2 Å². The maximum absolute atomic E-state index is 13.0. The Morgan fingerprint density at radius 3 is 2.68 bits per heavy atom. The molecule has 166 valence electrons. The lowest BCUT2D eigenvalue weighted by Gasteiger charge is -2.11. The van der Waals surface area contributed by atoms with Crippen molar-refractivity contribution in [3.05, 3.63) is 89.9 Å². The summed E-state index contributed by atoms with van der Waals surface area (Å²) in [5.41, 5.74) is 2.39. The Balaban J connectivity index is 1.51. The molecule has 0 atom stereocenters. The molecule has 2 N–H and O–H groups in total. The second-order valence-electron chi connectivity index (χ2n) is 7.58. The topological polar surface area (TPSA) is 94.5 Å². The molecule has 6 nitrogen and oxygen atoms in total. The average Bonchev–Trinajstić information content (AvgIpc) is 3.21. The Morgan fingerprint density at radius 2 is 1.88 bits per heavy atom. The predicted octanol–water partition coefficient (Wildman–Crippen LogP) is 5.92. The minimum atomic E-state index is -4.52. The molecule has 34 heavy (non-hydrogen) atoms. The number of aromatic amines is 1. The van der Waals surface area contributed by atoms with E-state index in [-0.39, 0.29) is 11.3 Å². The summed E-state index contributed by atoms with van der Waals surface area (Å²) in [4.78, 5) is 24.3. The zero-order chi connectivity index (χ0) is 23.9. The van der Waals surface area contributed by atoms with E-state index >= 15 is 0 Å². The van der Waals surface area contributed by atoms with Gasteiger partial charge in [-0.15, -0.1) is 0 Å². The van der Waals surface area contributed by atoms with Crippen LogP contribution >= 0.6 is 0 Å². The van der Waals surface area contributed by atoms with Crippen molar-refractivity contribution in [2.24, 2.45) is 0 Å². The van der Waals surface area contributed by atoms with Crippen LogP contribution in [0.3, 0.4) is 0 Å². The van der Waals surface area contributed by atoms with Crippen LogP contribution in [-0.4, -0.2) is 20.9 Å². The number of fused-ring (bicyclic) bond motifs is 3. The van der Waals surface area contributed by atoms with Crippen LogP contribution in [0.25, 0.3) is 33.1 Å². The minimum absolute atomic E-state index is 0.0198. The predicted molar refractivity (Wildman–Crippen MR) is 121 cm³/mol. The molecular formula is C25H14F3N5O. The number of benzene rings is 3. The molecule has 5 rings (SSSR count). The Bertz CT molecular complexity index is 1620. The number of halogens is 3. The van der Waals surface area contributed by atoms with Crippen molar-refractivity contribution >= 4 is 33.5 Å². The number of rotatable bonds is 3. The molecule has 0 spiro atoms. The number of nitriles is 1. The van der Waals surface area contributed by atoms with E-state index in [1.165, 1.54) is 30.6 Å². The van der Waals surface area contributed by atoms with E-state index in [1.807, 2.05) is 18.2 Å². The molecule has 9 heteroatoms. The Morgan fingerprint density at radius 1 is 1.03 bits per heavy atom. The maximum atomic E-state index is 13.0. The summed E-state index contributed by atoms with van der Waals surface area (Å²) in [6, 6.07) is 16.6. The smallest absolute Gasteiger partial charge is 0.339 e. The highest BCUT2D eigenvalue weighted by atomic mass is 19.4. The molecule has 0 saturated carbocycles. The molecule has 3 aromatic carbocycles. The van der Waals surface area contributed by atoms with Gasteiger partial charge in [0.15, 0.2) is 0 Å². The molecule has 0 aliphatic heterocycles. The fourth-order valence-electron chi connectivity index (χ4n) is 3.80. The van der Waals surface area contributed by atoms with Crippen LogP contribution in [0.2, 0.25) is 0 Å². The molecule has 2 heterocycles. The van der Waals surface area contributed by atoms with Gasteiger partial charge in [-0.2, -0.15) is 18.4 Å². The Hall–Kier alpha value is -4.71. The van der Waals surface area contributed by atoms with Gasteiger partial charge < -0.3 is 10.3 Å². The van der Waals surface area contributed by atoms with E-state index in [9.17, 15) is 23.2 Å². The molecule has 0 unspecified atom stereocenters. The van der Waals surface area contributed by atoms with Crippen molar-refractivity contribution in [2.45, 2.75) is 6.18 Å². The third-order valence-corrected chi connectivity index (χ3v) is 5.44. The number of nitrogens with one attached hydrogen (secondary N) is 2. The first-order valence-electron chi connectivity index (χ1n) is 10.1. The number of hydrogen-bond donors (Lipinski definition) is 2. The number of alkyl halides is 3. The van der Waals surface area contributed by atoms with Crippen LogP contribution < -0.4 is 5.32 Å². The summed E-state index contributed by atoms with van der Waals surface area (Å²) < 4.78 is 38.9. The fraction of sp³-hybridized carbons (Fsp3) is 0.0400. The summed E-state index contributed by atoms with van der Waals surface area (Å²) in [6.07, 6.45) is -1.37. The molecular weight excluding hydrogens is 443 g/mol. The highest BCUT2D eigenvalue weighted by Crippen LogP contribution is 2.32. The number of amides is 1. The van der Waals surface area contributed by atoms with Crippen molar-refractivity contribution in [2.75, 3.05) is 5.32 Å². The Kier molecular flexibility index (Phi) is 4.98. The van der Waals surface area contributed by atoms with E-state index in [1.54, 1.807) is 12.3 Å². The van der Waals surface area contributed by atoms with Gasteiger partial charge in [0.2, 0.25) is 0 Å². The SMILES string of the molecule is N#Cc1ccc(C(=O)Nc2cccc(C(F)(F)F)c2)cc1-c1ccc2c(c1)[nH]c1ncncc12. The van der Waals surface area contributed by atoms with Crippen LogP contribution in [0, 0.1) is 11.3 Å². The standard InChI is InChI=1S/C25H14F3N5O/c26-25(27,28)17-2-1-3-18(10-17)32-24(34)15-4-5-16(11-29)20(8-15)14-6-7-19-21-12-30-13-31-23(21)33-22(19)9-14/h1-10,12-13H,(H,32,34)(H,30,31,33). The van der Waals surface area contributed by atoms with Gasteiger partial charge in [0.25, 0.3) is 5.91 Å². The van der Waals surface area contributed by atoms with E-state index < -0.39 is 17.6 Å². The van der Waals surface area contributed by atoms with Crippen molar-refractivity contribution in [3.63, 3.8) is 0 Å². The molecule has 2 aromatic heterocycles. The number of nitrogens with zero attached hydrogens (tertiary/aromatic N) is 3. The van der Waals surface area contributed by atoms with E-state index in [2.05, 4.69) is 26.3 Å². The number of anilines is 1. The third-order valence-electron chi connectivity index (χ3n) is 5.44. The van der Waals surface area contributed by atoms with E-state index in [0.717, 1.165) is 28.4 Å². The normalized spacial score (nSPS) is 11.5. The first-order valence-corrected chi connectivity index (χ1v) is 10.1. The van der Waals surface area contributed by atoms with Gasteiger partial charge in [-0.05, 0) is 48.0 Å². The van der Waals surface area contributed by atoms with Gasteiger partial charge in [0, 0.05) is 39.3 Å². The molecule has 5 aromatic rings. The highest BCUT2D eigenvalue weighted by molar-refractivity contribution is 6.07. The Labute approximate surface area is 190 Å². The zero-order valence-corrected chi connectivity index (χ0v) is 17.3. The summed E-state index contributed by atoms with van der Waals surface area (Å²) in [5, 5.41) is 13.9. The van der Waals surface area contributed by atoms with Gasteiger partial charge >= 0.3 is 6.18 Å². The lowest BCUT2D eigenvalue weighted by Crippen LogP contribution is -2.13. The number of carbonyl (C=O) groups excluding carboxylic acids is 1. The summed E-state index contributed by atoms with van der Waals surface area (Å²) in [6.45, 7) is 0. The van der Waals surface area contributed by atoms with Crippen molar-refractivity contribution in [1.29, 1.82) is 5.26 Å². The molecule has 0 bridgehead atoms. The van der Waals surface area contributed by atoms with Crippen LogP contribution in [0.5, 0.6) is 0 Å². The third kappa shape index (κ3) is 3.82. The van der Waals surface area contributed by atoms with Crippen molar-refractivity contribution in [1.82, 2.24) is 15.0 Å². The first kappa shape index (κ1) is 21.2. The molecule has 0 saturated heterocycles. The van der Waals surface area contributed by atoms with E-state index in [0.29, 0.717) is 22.3 Å². The van der Waals surface area contributed by atoms with Crippen molar-refractivity contribution in [3.8, 4) is 17.2 Å². The number of hydrogen-bond acceptors (Lipinski definition) is 4. The summed E-state index contributed by atoms with van der Waals surface area (Å²) in [7, 11) is 0. The molecule has 1 amide bonds. The first-order chi connectivity index (χ1) is 16.3. The molecule has 0 radical (unpaired) electrons. The monoisotopic (exact) mass is 457 g/mol. The zero-order valence-electron chi connectivity index (χ0n) is 17.3. The minimum Gasteiger partial charge on any atom is -0.339 e. The average molecular weight is 457 g/mol. The van der Waals surface area contributed by atoms with Gasteiger partial charge in [-0.1, -0.05) is 18.2 Å². The number of H-pyrrole nitrogens is 1. The lowest BCUT2D eigenvalue weighted by atomic mass is 9.96. The quantitative estimate of drug-likeness (QED) is 0.352. The summed E-state index contributed by atoms with van der Waals surface area (Å²) >= 11 is 0. The largest absolute Gasteiger partial charge is 0.416 e. The number of aromatic nitrogens is 3. The highest BCUT2D eigenvalue weighted by Gasteiger charge is 2.30. The van der Waals surface area contributed by atoms with Crippen LogP contribution in [0.15, 0.2) is 73.2 Å². The van der Waals surface area contributed by atoms with Gasteiger partial charge in [0.1, 0.15) is 12.0 Å². The second-order valence-corrected chi connectivity index (χ2v) is 7.58. The lowest BCUT2D eigenvalue weighted by molar-refractivity contribution is -0.137. The second kappa shape index (κ2) is 8.01. The van der Waals surface area contributed by atoms with Crippen LogP contribution in [0.1, 0.15) is 21.5 Å². The van der Waals surface area contributed by atoms with Gasteiger partial charge in [-0.3, -0.25) is 4.79 Å².